The van der Waals surface area contributed by atoms with Crippen LogP contribution in [-0.2, 0) is 9.53 Å². The van der Waals surface area contributed by atoms with Crippen LogP contribution in [-0.4, -0.2) is 19.1 Å². The lowest BCUT2D eigenvalue weighted by molar-refractivity contribution is -0.133. The van der Waals surface area contributed by atoms with Gasteiger partial charge in [-0.2, -0.15) is 0 Å². The van der Waals surface area contributed by atoms with E-state index in [9.17, 15) is 4.79 Å². The number of rotatable bonds is 4. The van der Waals surface area contributed by atoms with E-state index in [0.29, 0.717) is 13.2 Å². The molecule has 1 amide bonds. The summed E-state index contributed by atoms with van der Waals surface area (Å²) in [5.41, 5.74) is 5.19. The van der Waals surface area contributed by atoms with Gasteiger partial charge in [-0.25, -0.2) is 0 Å². The lowest BCUT2D eigenvalue weighted by Crippen LogP contribution is -2.41. The molecule has 1 heterocycles. The van der Waals surface area contributed by atoms with Crippen LogP contribution in [0.1, 0.15) is 39.0 Å². The second-order valence-corrected chi connectivity index (χ2v) is 3.86. The van der Waals surface area contributed by atoms with Crippen molar-refractivity contribution in [2.45, 2.75) is 39.0 Å². The van der Waals surface area contributed by atoms with Crippen LogP contribution in [0.4, 0.5) is 0 Å². The zero-order valence-corrected chi connectivity index (χ0v) is 8.34. The molecule has 0 bridgehead atoms. The Kier molecular flexibility index (Phi) is 3.72. The largest absolute Gasteiger partial charge is 0.381 e. The molecular weight excluding hydrogens is 166 g/mol. The third-order valence-corrected chi connectivity index (χ3v) is 2.98. The van der Waals surface area contributed by atoms with Crippen molar-refractivity contribution in [3.63, 3.8) is 0 Å². The molecule has 0 aliphatic carbocycles. The van der Waals surface area contributed by atoms with Crippen molar-refractivity contribution >= 4 is 5.91 Å². The summed E-state index contributed by atoms with van der Waals surface area (Å²) in [7, 11) is 0. The fraction of sp³-hybridized carbons (Fsp3) is 0.900. The molecule has 0 saturated carbocycles. The van der Waals surface area contributed by atoms with E-state index in [1.165, 1.54) is 0 Å². The van der Waals surface area contributed by atoms with Crippen LogP contribution < -0.4 is 5.73 Å². The first-order valence-corrected chi connectivity index (χ1v) is 5.09. The average molecular weight is 185 g/mol. The van der Waals surface area contributed by atoms with Crippen molar-refractivity contribution in [2.24, 2.45) is 11.1 Å². The first-order valence-electron chi connectivity index (χ1n) is 5.09. The van der Waals surface area contributed by atoms with Crippen molar-refractivity contribution in [2.75, 3.05) is 13.2 Å². The van der Waals surface area contributed by atoms with E-state index in [1.54, 1.807) is 0 Å². The smallest absolute Gasteiger partial charge is 0.223 e. The molecule has 1 aliphatic rings. The maximum Gasteiger partial charge on any atom is 0.223 e. The number of amides is 1. The molecule has 0 radical (unpaired) electrons. The topological polar surface area (TPSA) is 52.3 Å². The Balaban J connectivity index is 2.56. The summed E-state index contributed by atoms with van der Waals surface area (Å²) in [5.74, 6) is -0.135. The summed E-state index contributed by atoms with van der Waals surface area (Å²) >= 11 is 0. The van der Waals surface area contributed by atoms with Crippen LogP contribution in [0.15, 0.2) is 0 Å². The molecule has 3 nitrogen and oxygen atoms in total. The van der Waals surface area contributed by atoms with Crippen LogP contribution in [0.25, 0.3) is 0 Å². The Morgan fingerprint density at radius 2 is 2.08 bits per heavy atom. The van der Waals surface area contributed by atoms with Crippen molar-refractivity contribution < 1.29 is 9.53 Å². The van der Waals surface area contributed by atoms with Gasteiger partial charge in [0, 0.05) is 13.2 Å². The molecular formula is C10H19NO2. The minimum atomic E-state index is -0.256. The number of carbonyl (C=O) groups is 1. The first kappa shape index (κ1) is 10.5. The van der Waals surface area contributed by atoms with E-state index in [2.05, 4.69) is 6.92 Å². The van der Waals surface area contributed by atoms with Gasteiger partial charge in [0.15, 0.2) is 0 Å². The number of carbonyl (C=O) groups excluding carboxylic acids is 1. The average Bonchev–Trinajstić information content (AvgIpc) is 2.16. The van der Waals surface area contributed by atoms with E-state index in [1.807, 2.05) is 0 Å². The Morgan fingerprint density at radius 1 is 1.46 bits per heavy atom. The molecule has 1 rings (SSSR count). The summed E-state index contributed by atoms with van der Waals surface area (Å²) in [6.07, 6.45) is 4.76. The first-order chi connectivity index (χ1) is 6.21. The highest BCUT2D eigenvalue weighted by molar-refractivity contribution is 5.80. The summed E-state index contributed by atoms with van der Waals surface area (Å²) in [5, 5.41) is 0. The fourth-order valence-electron chi connectivity index (χ4n) is 1.90. The molecule has 0 unspecified atom stereocenters. The molecule has 0 aromatic carbocycles. The zero-order valence-electron chi connectivity index (χ0n) is 8.34. The van der Waals surface area contributed by atoms with Gasteiger partial charge in [-0.1, -0.05) is 19.8 Å². The third kappa shape index (κ3) is 2.44. The molecule has 13 heavy (non-hydrogen) atoms. The number of hydrogen-bond donors (Lipinski definition) is 1. The van der Waals surface area contributed by atoms with Gasteiger partial charge in [0.1, 0.15) is 0 Å². The maximum absolute atomic E-state index is 11.3. The number of primary amides is 1. The number of unbranched alkanes of at least 4 members (excludes halogenated alkanes) is 1. The zero-order chi connectivity index (χ0) is 9.73. The summed E-state index contributed by atoms with van der Waals surface area (Å²) in [4.78, 5) is 11.3. The molecule has 1 aliphatic heterocycles. The van der Waals surface area contributed by atoms with Gasteiger partial charge in [0.2, 0.25) is 5.91 Å². The van der Waals surface area contributed by atoms with E-state index < -0.39 is 0 Å². The molecule has 1 saturated heterocycles. The molecule has 0 spiro atoms. The number of hydrogen-bond acceptors (Lipinski definition) is 2. The lowest BCUT2D eigenvalue weighted by atomic mass is 9.75. The maximum atomic E-state index is 11.3. The van der Waals surface area contributed by atoms with Crippen LogP contribution in [0.5, 0.6) is 0 Å². The lowest BCUT2D eigenvalue weighted by Gasteiger charge is -2.34. The molecule has 1 fully saturated rings. The molecule has 0 aromatic heterocycles. The fourth-order valence-corrected chi connectivity index (χ4v) is 1.90. The summed E-state index contributed by atoms with van der Waals surface area (Å²) < 4.78 is 5.25. The highest BCUT2D eigenvalue weighted by Gasteiger charge is 2.37. The second kappa shape index (κ2) is 4.61. The Morgan fingerprint density at radius 3 is 2.54 bits per heavy atom. The van der Waals surface area contributed by atoms with E-state index >= 15 is 0 Å². The van der Waals surface area contributed by atoms with Gasteiger partial charge in [-0.3, -0.25) is 4.79 Å². The minimum absolute atomic E-state index is 0.135. The van der Waals surface area contributed by atoms with Crippen LogP contribution in [0.3, 0.4) is 0 Å². The number of nitrogens with two attached hydrogens (primary N) is 1. The third-order valence-electron chi connectivity index (χ3n) is 2.98. The standard InChI is InChI=1S/C10H19NO2/c1-2-3-4-10(9(11)12)5-7-13-8-6-10/h2-8H2,1H3,(H2,11,12). The SMILES string of the molecule is CCCCC1(C(N)=O)CCOCC1. The minimum Gasteiger partial charge on any atom is -0.381 e. The van der Waals surface area contributed by atoms with E-state index in [0.717, 1.165) is 32.1 Å². The van der Waals surface area contributed by atoms with E-state index in [-0.39, 0.29) is 11.3 Å². The second-order valence-electron chi connectivity index (χ2n) is 3.86. The molecule has 76 valence electrons. The molecule has 2 N–H and O–H groups in total. The summed E-state index contributed by atoms with van der Waals surface area (Å²) in [6, 6.07) is 0. The van der Waals surface area contributed by atoms with Gasteiger partial charge >= 0.3 is 0 Å². The Bertz CT molecular complexity index is 174. The molecule has 0 atom stereocenters. The van der Waals surface area contributed by atoms with Crippen molar-refractivity contribution in [3.8, 4) is 0 Å². The van der Waals surface area contributed by atoms with Gasteiger partial charge in [0.05, 0.1) is 5.41 Å². The van der Waals surface area contributed by atoms with Gasteiger partial charge < -0.3 is 10.5 Å². The van der Waals surface area contributed by atoms with Crippen molar-refractivity contribution in [3.05, 3.63) is 0 Å². The number of ether oxygens (including phenoxy) is 1. The van der Waals surface area contributed by atoms with Crippen molar-refractivity contribution in [1.29, 1.82) is 0 Å². The Hall–Kier alpha value is -0.570. The predicted octanol–water partition coefficient (Wildman–Crippen LogP) is 1.46. The predicted molar refractivity (Wildman–Crippen MR) is 51.2 cm³/mol. The van der Waals surface area contributed by atoms with Gasteiger partial charge in [-0.05, 0) is 19.3 Å². The van der Waals surface area contributed by atoms with Crippen molar-refractivity contribution in [1.82, 2.24) is 0 Å². The van der Waals surface area contributed by atoms with Crippen LogP contribution in [0, 0.1) is 5.41 Å². The van der Waals surface area contributed by atoms with Gasteiger partial charge in [0.25, 0.3) is 0 Å². The quantitative estimate of drug-likeness (QED) is 0.720. The van der Waals surface area contributed by atoms with Crippen LogP contribution >= 0.6 is 0 Å². The Labute approximate surface area is 79.6 Å². The highest BCUT2D eigenvalue weighted by Crippen LogP contribution is 2.35. The van der Waals surface area contributed by atoms with Gasteiger partial charge in [-0.15, -0.1) is 0 Å². The summed E-state index contributed by atoms with van der Waals surface area (Å²) in [6.45, 7) is 3.51. The highest BCUT2D eigenvalue weighted by atomic mass is 16.5. The normalized spacial score (nSPS) is 21.3. The van der Waals surface area contributed by atoms with Crippen LogP contribution in [0.2, 0.25) is 0 Å². The molecule has 3 heteroatoms. The molecule has 0 aromatic rings. The van der Waals surface area contributed by atoms with E-state index in [4.69, 9.17) is 10.5 Å². The monoisotopic (exact) mass is 185 g/mol.